The molecule has 0 fully saturated rings. The van der Waals surface area contributed by atoms with Gasteiger partial charge in [-0.1, -0.05) is 280 Å². The van der Waals surface area contributed by atoms with E-state index in [1.165, 1.54) is 167 Å². The lowest BCUT2D eigenvalue weighted by atomic mass is 9.99. The van der Waals surface area contributed by atoms with Crippen molar-refractivity contribution in [1.82, 2.24) is 9.80 Å². The van der Waals surface area contributed by atoms with Crippen molar-refractivity contribution in [3.8, 4) is 0 Å². The fraction of sp³-hybridized carbons (Fsp3) is 0.629. The van der Waals surface area contributed by atoms with E-state index >= 15 is 0 Å². The first-order chi connectivity index (χ1) is 47.4. The van der Waals surface area contributed by atoms with E-state index in [9.17, 15) is 4.79 Å². The molecule has 0 heterocycles. The zero-order valence-electron chi connectivity index (χ0n) is 64.9. The lowest BCUT2D eigenvalue weighted by Crippen LogP contribution is -2.25. The predicted molar refractivity (Wildman–Crippen MR) is 437 cm³/mol. The van der Waals surface area contributed by atoms with Gasteiger partial charge in [-0.2, -0.15) is 0 Å². The number of unbranched alkanes of at least 4 members (excludes halogenated alkanes) is 21. The Morgan fingerprint density at radius 2 is 0.722 bits per heavy atom. The SMILES string of the molecule is C=CC(C=C)OCCCCCCC.C=CCC(C=C)CCCC.C=CCC(CC=C)OCCCCCCCC.C=CCC(CC=C)OCCCCCCCCC.C=CCN(CC=C)CCCCC.C=CCN(CC=C)CCCCOC.CCCCCOC(=O)/C=C/c1ccccc1. The average Bonchev–Trinajstić information content (AvgIpc) is 3.61. The topological polar surface area (TPSA) is 69.7 Å². The van der Waals surface area contributed by atoms with Gasteiger partial charge in [0.2, 0.25) is 0 Å². The number of methoxy groups -OCH3 is 1. The zero-order valence-corrected chi connectivity index (χ0v) is 64.9. The maximum absolute atomic E-state index is 11.3. The summed E-state index contributed by atoms with van der Waals surface area (Å²) >= 11 is 0. The second-order valence-electron chi connectivity index (χ2n) is 24.6. The average molecular weight is 1350 g/mol. The number of hydrogen-bond donors (Lipinski definition) is 0. The largest absolute Gasteiger partial charge is 0.463 e. The van der Waals surface area contributed by atoms with E-state index in [2.05, 4.69) is 130 Å². The number of rotatable bonds is 63. The van der Waals surface area contributed by atoms with Gasteiger partial charge in [-0.3, -0.25) is 9.80 Å². The molecule has 1 unspecified atom stereocenters. The Bertz CT molecular complexity index is 1830. The van der Waals surface area contributed by atoms with Crippen LogP contribution in [-0.4, -0.2) is 113 Å². The van der Waals surface area contributed by atoms with Crippen LogP contribution in [0.25, 0.3) is 6.08 Å². The van der Waals surface area contributed by atoms with Crippen molar-refractivity contribution in [3.05, 3.63) is 194 Å². The molecule has 0 saturated carbocycles. The number of carbonyl (C=O) groups is 1. The van der Waals surface area contributed by atoms with Gasteiger partial charge in [-0.15, -0.1) is 78.9 Å². The number of allylic oxidation sites excluding steroid dienone is 2. The Kier molecular flexibility index (Phi) is 101. The molecule has 1 aromatic carbocycles. The van der Waals surface area contributed by atoms with Gasteiger partial charge in [0.25, 0.3) is 0 Å². The highest BCUT2D eigenvalue weighted by molar-refractivity contribution is 5.87. The molecular weight excluding hydrogens is 1190 g/mol. The van der Waals surface area contributed by atoms with Crippen LogP contribution in [0.15, 0.2) is 188 Å². The van der Waals surface area contributed by atoms with Gasteiger partial charge in [-0.05, 0) is 114 Å². The predicted octanol–water partition coefficient (Wildman–Crippen LogP) is 25.8. The van der Waals surface area contributed by atoms with Crippen molar-refractivity contribution in [3.63, 3.8) is 0 Å². The van der Waals surface area contributed by atoms with Gasteiger partial charge in [0, 0.05) is 65.8 Å². The minimum atomic E-state index is -0.264. The first-order valence-corrected chi connectivity index (χ1v) is 38.5. The third kappa shape index (κ3) is 91.1. The molecule has 0 saturated heterocycles. The summed E-state index contributed by atoms with van der Waals surface area (Å²) < 4.78 is 27.1. The molecule has 560 valence electrons. The van der Waals surface area contributed by atoms with Crippen LogP contribution in [0.3, 0.4) is 0 Å². The van der Waals surface area contributed by atoms with Gasteiger partial charge in [0.15, 0.2) is 0 Å². The third-order valence-corrected chi connectivity index (χ3v) is 15.3. The molecule has 8 heteroatoms. The fourth-order valence-corrected chi connectivity index (χ4v) is 9.53. The number of ether oxygens (including phenoxy) is 5. The fourth-order valence-electron chi connectivity index (χ4n) is 9.53. The molecule has 0 spiro atoms. The molecule has 0 N–H and O–H groups in total. The number of hydrogen-bond acceptors (Lipinski definition) is 8. The zero-order chi connectivity index (χ0) is 73.4. The minimum absolute atomic E-state index is 0.0335. The Labute approximate surface area is 604 Å². The van der Waals surface area contributed by atoms with E-state index in [-0.39, 0.29) is 12.1 Å². The van der Waals surface area contributed by atoms with Crippen LogP contribution in [0.4, 0.5) is 0 Å². The Morgan fingerprint density at radius 1 is 0.381 bits per heavy atom. The molecule has 0 aliphatic carbocycles. The number of carbonyl (C=O) groups excluding carboxylic acids is 1. The van der Waals surface area contributed by atoms with E-state index in [0.29, 0.717) is 24.7 Å². The van der Waals surface area contributed by atoms with Crippen molar-refractivity contribution < 1.29 is 28.5 Å². The summed E-state index contributed by atoms with van der Waals surface area (Å²) in [6.45, 7) is 68.1. The second-order valence-corrected chi connectivity index (χ2v) is 24.6. The van der Waals surface area contributed by atoms with Crippen LogP contribution in [0.1, 0.15) is 265 Å². The Morgan fingerprint density at radius 3 is 1.08 bits per heavy atom. The monoisotopic (exact) mass is 1350 g/mol. The molecule has 8 nitrogen and oxygen atoms in total. The summed E-state index contributed by atoms with van der Waals surface area (Å²) in [6, 6.07) is 9.71. The summed E-state index contributed by atoms with van der Waals surface area (Å²) in [6.07, 6.45) is 68.6. The molecule has 0 amide bonds. The summed E-state index contributed by atoms with van der Waals surface area (Å²) in [4.78, 5) is 15.9. The van der Waals surface area contributed by atoms with Crippen molar-refractivity contribution >= 4 is 12.0 Å². The number of benzene rings is 1. The van der Waals surface area contributed by atoms with Gasteiger partial charge < -0.3 is 23.7 Å². The summed E-state index contributed by atoms with van der Waals surface area (Å²) in [5.41, 5.74) is 1.01. The van der Waals surface area contributed by atoms with Gasteiger partial charge >= 0.3 is 5.97 Å². The Hall–Kier alpha value is -4.93. The quantitative estimate of drug-likeness (QED) is 0.0277. The van der Waals surface area contributed by atoms with Crippen LogP contribution in [-0.2, 0) is 28.5 Å². The minimum Gasteiger partial charge on any atom is -0.463 e. The number of nitrogens with zero attached hydrogens (tertiary/aromatic N) is 2. The Balaban J connectivity index is -0.000000251. The molecule has 97 heavy (non-hydrogen) atoms. The van der Waals surface area contributed by atoms with E-state index < -0.39 is 0 Å². The first-order valence-electron chi connectivity index (χ1n) is 38.5. The third-order valence-electron chi connectivity index (χ3n) is 15.3. The molecule has 1 aromatic rings. The molecule has 0 aromatic heterocycles. The molecular formula is C89H158N2O6. The molecule has 0 radical (unpaired) electrons. The summed E-state index contributed by atoms with van der Waals surface area (Å²) in [7, 11) is 1.74. The smallest absolute Gasteiger partial charge is 0.330 e. The van der Waals surface area contributed by atoms with Gasteiger partial charge in [0.05, 0.1) is 24.9 Å². The number of esters is 1. The van der Waals surface area contributed by atoms with Crippen molar-refractivity contribution in [2.75, 3.05) is 79.4 Å². The van der Waals surface area contributed by atoms with Crippen LogP contribution in [0, 0.1) is 5.92 Å². The summed E-state index contributed by atoms with van der Waals surface area (Å²) in [5, 5.41) is 0. The highest BCUT2D eigenvalue weighted by Crippen LogP contribution is 2.15. The van der Waals surface area contributed by atoms with Crippen LogP contribution in [0.2, 0.25) is 0 Å². The highest BCUT2D eigenvalue weighted by atomic mass is 16.5. The van der Waals surface area contributed by atoms with Crippen LogP contribution < -0.4 is 0 Å². The molecule has 1 rings (SSSR count). The lowest BCUT2D eigenvalue weighted by Gasteiger charge is -2.18. The van der Waals surface area contributed by atoms with E-state index in [4.69, 9.17) is 23.7 Å². The van der Waals surface area contributed by atoms with Crippen molar-refractivity contribution in [2.45, 2.75) is 278 Å². The normalized spacial score (nSPS) is 10.7. The maximum Gasteiger partial charge on any atom is 0.330 e. The maximum atomic E-state index is 11.3. The van der Waals surface area contributed by atoms with Crippen LogP contribution >= 0.6 is 0 Å². The van der Waals surface area contributed by atoms with E-state index in [1.807, 2.05) is 91.1 Å². The standard InChI is InChI=1S/C16H30O.C15H28O.C14H18O2.C12H22O.C11H21NO.C11H21N.C10H18/c1-4-7-8-9-10-11-12-15-17-16(13-5-2)14-6-3;1-4-7-8-9-10-11-14-16-15(12-5-2)13-6-3;1-2-3-7-12-16-14(15)11-10-13-8-5-4-6-9-13;1-4-7-8-9-10-11-13-12(5-2)6-3;1-4-8-12(9-5-2)10-6-7-11-13-3;1-4-7-8-11-12(9-5-2)10-6-3;1-4-7-9-10(6-3)8-5-2/h5-6,16H,2-4,7-15H2,1H3;5-6,15H,2-4,7-14H2,1H3;4-6,8-11H,2-3,7,12H2,1H3;5-6,12H,2-4,7-11H2,1H3;4-5H,1-2,6-11H2,3H3;5-6H,2-4,7-11H2,1H3;5-6,10H,2-4,7-9H2,1H3/b;;11-10+;;;;. The molecule has 0 bridgehead atoms. The van der Waals surface area contributed by atoms with Crippen molar-refractivity contribution in [2.24, 2.45) is 5.92 Å². The first kappa shape index (κ1) is 103. The second kappa shape index (κ2) is 95.3. The van der Waals surface area contributed by atoms with Gasteiger partial charge in [-0.25, -0.2) is 4.79 Å². The van der Waals surface area contributed by atoms with Crippen molar-refractivity contribution in [1.29, 1.82) is 0 Å². The molecule has 0 aliphatic rings. The molecule has 0 aliphatic heterocycles. The van der Waals surface area contributed by atoms with Gasteiger partial charge in [0.1, 0.15) is 0 Å². The van der Waals surface area contributed by atoms with Crippen LogP contribution in [0.5, 0.6) is 0 Å². The lowest BCUT2D eigenvalue weighted by molar-refractivity contribution is -0.137. The summed E-state index contributed by atoms with van der Waals surface area (Å²) in [5.74, 6) is 0.400. The van der Waals surface area contributed by atoms with E-state index in [0.717, 1.165) is 129 Å². The highest BCUT2D eigenvalue weighted by Gasteiger charge is 2.07. The molecule has 1 atom stereocenters. The van der Waals surface area contributed by atoms with E-state index in [1.54, 1.807) is 25.3 Å².